The van der Waals surface area contributed by atoms with Gasteiger partial charge in [0.05, 0.1) is 0 Å². The predicted molar refractivity (Wildman–Crippen MR) is 82.2 cm³/mol. The molecule has 20 heavy (non-hydrogen) atoms. The molecule has 0 unspecified atom stereocenters. The highest BCUT2D eigenvalue weighted by Crippen LogP contribution is 2.33. The van der Waals surface area contributed by atoms with Crippen molar-refractivity contribution in [3.63, 3.8) is 0 Å². The Morgan fingerprint density at radius 2 is 1.75 bits per heavy atom. The number of pyridine rings is 1. The van der Waals surface area contributed by atoms with E-state index >= 15 is 0 Å². The van der Waals surface area contributed by atoms with E-state index in [1.165, 1.54) is 31.2 Å². The van der Waals surface area contributed by atoms with E-state index < -0.39 is 0 Å². The number of carbonyl (C=O) groups is 2. The first kappa shape index (κ1) is 21.0. The first-order chi connectivity index (χ1) is 9.77. The fourth-order valence-electron chi connectivity index (χ4n) is 1.89. The topological polar surface area (TPSA) is 56.3 Å². The second-order valence-electron chi connectivity index (χ2n) is 3.97. The zero-order valence-electron chi connectivity index (χ0n) is 12.3. The van der Waals surface area contributed by atoms with E-state index in [-0.39, 0.29) is 0 Å². The lowest BCUT2D eigenvalue weighted by Crippen LogP contribution is -1.92. The van der Waals surface area contributed by atoms with Crippen molar-refractivity contribution in [3.8, 4) is 0 Å². The SMILES string of the molecule is C=O.C=O.CCOC.Clc1ccc(C2CCCC2)cn1. The van der Waals surface area contributed by atoms with Gasteiger partial charge in [0.2, 0.25) is 0 Å². The van der Waals surface area contributed by atoms with E-state index in [4.69, 9.17) is 21.2 Å². The Labute approximate surface area is 126 Å². The number of ether oxygens (including phenoxy) is 1. The normalized spacial score (nSPS) is 12.9. The molecule has 0 spiro atoms. The van der Waals surface area contributed by atoms with Crippen LogP contribution in [0.5, 0.6) is 0 Å². The molecule has 1 saturated carbocycles. The first-order valence-corrected chi connectivity index (χ1v) is 6.83. The summed E-state index contributed by atoms with van der Waals surface area (Å²) in [7, 11) is 1.68. The average molecular weight is 302 g/mol. The number of carbonyl (C=O) groups excluding carboxylic acids is 2. The summed E-state index contributed by atoms with van der Waals surface area (Å²) in [5.41, 5.74) is 1.36. The van der Waals surface area contributed by atoms with Gasteiger partial charge in [0.1, 0.15) is 18.7 Å². The largest absolute Gasteiger partial charge is 0.385 e. The van der Waals surface area contributed by atoms with Crippen molar-refractivity contribution in [2.75, 3.05) is 13.7 Å². The molecule has 1 fully saturated rings. The molecule has 0 amide bonds. The highest BCUT2D eigenvalue weighted by Gasteiger charge is 2.16. The Morgan fingerprint density at radius 1 is 1.25 bits per heavy atom. The summed E-state index contributed by atoms with van der Waals surface area (Å²) in [6.07, 6.45) is 7.30. The maximum atomic E-state index is 8.00. The van der Waals surface area contributed by atoms with Crippen molar-refractivity contribution < 1.29 is 14.3 Å². The van der Waals surface area contributed by atoms with Gasteiger partial charge in [-0.05, 0) is 37.3 Å². The lowest BCUT2D eigenvalue weighted by atomic mass is 10.00. The Bertz CT molecular complexity index is 309. The van der Waals surface area contributed by atoms with E-state index in [9.17, 15) is 0 Å². The van der Waals surface area contributed by atoms with Crippen molar-refractivity contribution in [2.24, 2.45) is 0 Å². The molecule has 4 nitrogen and oxygen atoms in total. The number of aromatic nitrogens is 1. The van der Waals surface area contributed by atoms with Gasteiger partial charge in [-0.3, -0.25) is 0 Å². The molecule has 114 valence electrons. The van der Waals surface area contributed by atoms with Crippen LogP contribution in [0.3, 0.4) is 0 Å². The Hall–Kier alpha value is -1.26. The number of nitrogens with zero attached hydrogens (tertiary/aromatic N) is 1. The van der Waals surface area contributed by atoms with Gasteiger partial charge in [-0.1, -0.05) is 30.5 Å². The Morgan fingerprint density at radius 3 is 2.10 bits per heavy atom. The summed E-state index contributed by atoms with van der Waals surface area (Å²) in [6, 6.07) is 3.99. The lowest BCUT2D eigenvalue weighted by molar-refractivity contribution is -0.0987. The van der Waals surface area contributed by atoms with Crippen molar-refractivity contribution in [1.82, 2.24) is 4.98 Å². The molecule has 0 atom stereocenters. The second-order valence-corrected chi connectivity index (χ2v) is 4.36. The third kappa shape index (κ3) is 9.64. The second kappa shape index (κ2) is 15.8. The standard InChI is InChI=1S/C10H12ClN.C3H8O.2CH2O/c11-10-6-5-9(7-12-10)8-3-1-2-4-8;1-3-4-2;2*1-2/h5-8H,1-4H2;3H2,1-2H3;2*1H2. The molecule has 0 aliphatic heterocycles. The van der Waals surface area contributed by atoms with Crippen LogP contribution in [0.2, 0.25) is 5.15 Å². The smallest absolute Gasteiger partial charge is 0.129 e. The van der Waals surface area contributed by atoms with E-state index in [2.05, 4.69) is 15.8 Å². The molecule has 1 aromatic rings. The van der Waals surface area contributed by atoms with E-state index in [0.29, 0.717) is 5.15 Å². The zero-order chi connectivity index (χ0) is 15.8. The molecular weight excluding hydrogens is 278 g/mol. The highest BCUT2D eigenvalue weighted by atomic mass is 35.5. The number of methoxy groups -OCH3 is 1. The fourth-order valence-corrected chi connectivity index (χ4v) is 2.00. The molecule has 1 aliphatic carbocycles. The summed E-state index contributed by atoms with van der Waals surface area (Å²) >= 11 is 5.71. The van der Waals surface area contributed by atoms with Crippen molar-refractivity contribution >= 4 is 25.2 Å². The highest BCUT2D eigenvalue weighted by molar-refractivity contribution is 6.29. The van der Waals surface area contributed by atoms with Crippen LogP contribution in [0, 0.1) is 0 Å². The van der Waals surface area contributed by atoms with Crippen molar-refractivity contribution in [3.05, 3.63) is 29.0 Å². The van der Waals surface area contributed by atoms with Crippen LogP contribution in [0.4, 0.5) is 0 Å². The maximum absolute atomic E-state index is 8.00. The zero-order valence-corrected chi connectivity index (χ0v) is 13.1. The summed E-state index contributed by atoms with van der Waals surface area (Å²) < 4.78 is 4.54. The van der Waals surface area contributed by atoms with Crippen LogP contribution in [-0.4, -0.2) is 32.3 Å². The maximum Gasteiger partial charge on any atom is 0.129 e. The third-order valence-electron chi connectivity index (χ3n) is 2.87. The van der Waals surface area contributed by atoms with Crippen LogP contribution in [0.1, 0.15) is 44.1 Å². The first-order valence-electron chi connectivity index (χ1n) is 6.46. The number of rotatable bonds is 2. The summed E-state index contributed by atoms with van der Waals surface area (Å²) in [5.74, 6) is 0.745. The number of hydrogen-bond donors (Lipinski definition) is 0. The van der Waals surface area contributed by atoms with Crippen LogP contribution in [0.25, 0.3) is 0 Å². The van der Waals surface area contributed by atoms with Gasteiger partial charge in [-0.25, -0.2) is 4.98 Å². The van der Waals surface area contributed by atoms with E-state index in [0.717, 1.165) is 12.5 Å². The van der Waals surface area contributed by atoms with Gasteiger partial charge in [0.15, 0.2) is 0 Å². The van der Waals surface area contributed by atoms with Gasteiger partial charge in [-0.15, -0.1) is 0 Å². The fraction of sp³-hybridized carbons (Fsp3) is 0.533. The molecule has 0 bridgehead atoms. The molecule has 1 aromatic heterocycles. The van der Waals surface area contributed by atoms with Crippen LogP contribution in [0.15, 0.2) is 18.3 Å². The Balaban J connectivity index is 0. The number of hydrogen-bond acceptors (Lipinski definition) is 4. The summed E-state index contributed by atoms with van der Waals surface area (Å²) in [4.78, 5) is 20.1. The molecule has 0 N–H and O–H groups in total. The summed E-state index contributed by atoms with van der Waals surface area (Å²) in [5, 5.41) is 0.594. The van der Waals surface area contributed by atoms with E-state index in [1.807, 2.05) is 32.8 Å². The lowest BCUT2D eigenvalue weighted by Gasteiger charge is -2.07. The quantitative estimate of drug-likeness (QED) is 0.782. The van der Waals surface area contributed by atoms with Gasteiger partial charge in [-0.2, -0.15) is 0 Å². The molecule has 1 heterocycles. The van der Waals surface area contributed by atoms with Gasteiger partial charge in [0.25, 0.3) is 0 Å². The number of halogens is 1. The molecule has 1 aliphatic rings. The molecule has 0 aromatic carbocycles. The monoisotopic (exact) mass is 301 g/mol. The van der Waals surface area contributed by atoms with E-state index in [1.54, 1.807) is 7.11 Å². The summed E-state index contributed by atoms with van der Waals surface area (Å²) in [6.45, 7) is 6.78. The molecule has 0 saturated heterocycles. The van der Waals surface area contributed by atoms with Crippen LogP contribution < -0.4 is 0 Å². The minimum Gasteiger partial charge on any atom is -0.385 e. The van der Waals surface area contributed by atoms with Crippen molar-refractivity contribution in [2.45, 2.75) is 38.5 Å². The minimum absolute atomic E-state index is 0.594. The third-order valence-corrected chi connectivity index (χ3v) is 3.09. The van der Waals surface area contributed by atoms with Crippen LogP contribution >= 0.6 is 11.6 Å². The molecule has 0 radical (unpaired) electrons. The Kier molecular flexibility index (Phi) is 16.6. The average Bonchev–Trinajstić information content (AvgIpc) is 3.07. The van der Waals surface area contributed by atoms with Crippen molar-refractivity contribution in [1.29, 1.82) is 0 Å². The van der Waals surface area contributed by atoms with Gasteiger partial charge >= 0.3 is 0 Å². The molecule has 2 rings (SSSR count). The molecule has 5 heteroatoms. The minimum atomic E-state index is 0.594. The molecular formula is C15H24ClNO3. The predicted octanol–water partition coefficient (Wildman–Crippen LogP) is 3.68. The van der Waals surface area contributed by atoms with Gasteiger partial charge < -0.3 is 14.3 Å². The van der Waals surface area contributed by atoms with Gasteiger partial charge in [0, 0.05) is 19.9 Å². The van der Waals surface area contributed by atoms with Crippen LogP contribution in [-0.2, 0) is 14.3 Å².